The minimum atomic E-state index is -0.0863. The highest BCUT2D eigenvalue weighted by atomic mass is 16.5. The molecule has 2 aromatic carbocycles. The van der Waals surface area contributed by atoms with Gasteiger partial charge in [0.15, 0.2) is 5.69 Å². The smallest absolute Gasteiger partial charge is 0.255 e. The SMILES string of the molecule is [C-]#[N+]c1ccc(Oc2cncn2Cc2cc(=O)n(-c3ccc(C)cc3)cc2C)cc1. The van der Waals surface area contributed by atoms with Crippen LogP contribution in [0.1, 0.15) is 16.7 Å². The lowest BCUT2D eigenvalue weighted by atomic mass is 10.1. The highest BCUT2D eigenvalue weighted by Gasteiger charge is 2.10. The van der Waals surface area contributed by atoms with Crippen molar-refractivity contribution < 1.29 is 4.74 Å². The molecule has 4 aromatic rings. The molecule has 0 saturated carbocycles. The van der Waals surface area contributed by atoms with Crippen LogP contribution in [0.2, 0.25) is 0 Å². The lowest BCUT2D eigenvalue weighted by Crippen LogP contribution is -2.19. The maximum Gasteiger partial charge on any atom is 0.255 e. The van der Waals surface area contributed by atoms with Gasteiger partial charge in [0.05, 0.1) is 25.6 Å². The van der Waals surface area contributed by atoms with E-state index in [4.69, 9.17) is 11.3 Å². The zero-order valence-electron chi connectivity index (χ0n) is 16.7. The number of nitrogens with zero attached hydrogens (tertiary/aromatic N) is 4. The van der Waals surface area contributed by atoms with Crippen molar-refractivity contribution in [3.05, 3.63) is 112 Å². The second-order valence-electron chi connectivity index (χ2n) is 7.09. The van der Waals surface area contributed by atoms with Crippen LogP contribution in [0, 0.1) is 20.4 Å². The van der Waals surface area contributed by atoms with Crippen molar-refractivity contribution in [1.82, 2.24) is 14.1 Å². The van der Waals surface area contributed by atoms with E-state index in [9.17, 15) is 4.79 Å². The van der Waals surface area contributed by atoms with Gasteiger partial charge in [-0.1, -0.05) is 29.8 Å². The van der Waals surface area contributed by atoms with Gasteiger partial charge in [0.1, 0.15) is 5.75 Å². The van der Waals surface area contributed by atoms with Crippen LogP contribution in [0.3, 0.4) is 0 Å². The molecule has 30 heavy (non-hydrogen) atoms. The average molecular weight is 396 g/mol. The summed E-state index contributed by atoms with van der Waals surface area (Å²) in [4.78, 5) is 20.3. The molecule has 0 aliphatic rings. The van der Waals surface area contributed by atoms with Crippen LogP contribution < -0.4 is 10.3 Å². The Balaban J connectivity index is 1.58. The minimum Gasteiger partial charge on any atom is -0.439 e. The van der Waals surface area contributed by atoms with Gasteiger partial charge < -0.3 is 4.74 Å². The molecule has 2 aromatic heterocycles. The molecule has 6 heteroatoms. The maximum absolute atomic E-state index is 12.7. The Bertz CT molecular complexity index is 1280. The van der Waals surface area contributed by atoms with Crippen molar-refractivity contribution >= 4 is 5.69 Å². The fraction of sp³-hybridized carbons (Fsp3) is 0.125. The second kappa shape index (κ2) is 8.10. The molecule has 6 nitrogen and oxygen atoms in total. The summed E-state index contributed by atoms with van der Waals surface area (Å²) >= 11 is 0. The molecule has 0 aliphatic carbocycles. The Kier molecular flexibility index (Phi) is 5.19. The summed E-state index contributed by atoms with van der Waals surface area (Å²) in [6.45, 7) is 11.5. The first-order valence-electron chi connectivity index (χ1n) is 9.48. The van der Waals surface area contributed by atoms with Gasteiger partial charge in [-0.3, -0.25) is 13.9 Å². The van der Waals surface area contributed by atoms with E-state index in [0.717, 1.165) is 22.4 Å². The summed E-state index contributed by atoms with van der Waals surface area (Å²) in [7, 11) is 0. The maximum atomic E-state index is 12.7. The van der Waals surface area contributed by atoms with E-state index in [2.05, 4.69) is 9.83 Å². The van der Waals surface area contributed by atoms with Crippen LogP contribution in [-0.2, 0) is 6.54 Å². The molecule has 0 unspecified atom stereocenters. The number of imidazole rings is 1. The molecular formula is C24H20N4O2. The Morgan fingerprint density at radius 3 is 2.50 bits per heavy atom. The van der Waals surface area contributed by atoms with Crippen LogP contribution in [0.25, 0.3) is 10.5 Å². The molecule has 0 aliphatic heterocycles. The molecule has 0 fully saturated rings. The van der Waals surface area contributed by atoms with Crippen molar-refractivity contribution in [1.29, 1.82) is 0 Å². The molecule has 0 radical (unpaired) electrons. The van der Waals surface area contributed by atoms with Crippen LogP contribution in [0.5, 0.6) is 11.6 Å². The van der Waals surface area contributed by atoms with Gasteiger partial charge in [0, 0.05) is 18.0 Å². The standard InChI is InChI=1S/C24H20N4O2/c1-17-4-8-21(9-5-17)28-14-18(2)19(12-23(28)29)15-27-16-26-13-24(27)30-22-10-6-20(25-3)7-11-22/h4-14,16H,15H2,1-2H3. The van der Waals surface area contributed by atoms with E-state index >= 15 is 0 Å². The highest BCUT2D eigenvalue weighted by molar-refractivity contribution is 5.47. The Morgan fingerprint density at radius 1 is 1.07 bits per heavy atom. The van der Waals surface area contributed by atoms with Crippen LogP contribution in [0.4, 0.5) is 5.69 Å². The molecule has 2 heterocycles. The third kappa shape index (κ3) is 4.01. The second-order valence-corrected chi connectivity index (χ2v) is 7.09. The molecule has 4 rings (SSSR count). The quantitative estimate of drug-likeness (QED) is 0.444. The van der Waals surface area contributed by atoms with Crippen LogP contribution in [-0.4, -0.2) is 14.1 Å². The molecule has 0 saturated heterocycles. The Morgan fingerprint density at radius 2 is 1.80 bits per heavy atom. The number of hydrogen-bond acceptors (Lipinski definition) is 3. The predicted molar refractivity (Wildman–Crippen MR) is 116 cm³/mol. The Labute approximate surface area is 174 Å². The fourth-order valence-electron chi connectivity index (χ4n) is 3.16. The topological polar surface area (TPSA) is 53.4 Å². The first-order valence-corrected chi connectivity index (χ1v) is 9.48. The van der Waals surface area contributed by atoms with Crippen LogP contribution in [0.15, 0.2) is 78.1 Å². The number of benzene rings is 2. The molecule has 0 spiro atoms. The van der Waals surface area contributed by atoms with Gasteiger partial charge in [0.25, 0.3) is 5.56 Å². The fourth-order valence-corrected chi connectivity index (χ4v) is 3.16. The summed E-state index contributed by atoms with van der Waals surface area (Å²) in [5, 5.41) is 0. The zero-order valence-corrected chi connectivity index (χ0v) is 16.7. The van der Waals surface area contributed by atoms with Gasteiger partial charge in [-0.05, 0) is 49.2 Å². The number of rotatable bonds is 5. The summed E-state index contributed by atoms with van der Waals surface area (Å²) in [6.07, 6.45) is 5.17. The van der Waals surface area contributed by atoms with Crippen molar-refractivity contribution in [3.63, 3.8) is 0 Å². The molecule has 0 N–H and O–H groups in total. The third-order valence-electron chi connectivity index (χ3n) is 4.88. The number of pyridine rings is 1. The number of aryl methyl sites for hydroxylation is 2. The molecule has 0 amide bonds. The van der Waals surface area contributed by atoms with E-state index in [0.29, 0.717) is 23.9 Å². The summed E-state index contributed by atoms with van der Waals surface area (Å²) in [6, 6.07) is 16.4. The van der Waals surface area contributed by atoms with E-state index in [-0.39, 0.29) is 5.56 Å². The summed E-state index contributed by atoms with van der Waals surface area (Å²) in [5.74, 6) is 1.18. The third-order valence-corrected chi connectivity index (χ3v) is 4.88. The molecule has 148 valence electrons. The highest BCUT2D eigenvalue weighted by Crippen LogP contribution is 2.24. The predicted octanol–water partition coefficient (Wildman–Crippen LogP) is 5.04. The van der Waals surface area contributed by atoms with Crippen molar-refractivity contribution in [2.45, 2.75) is 20.4 Å². The molecule has 0 bridgehead atoms. The normalized spacial score (nSPS) is 10.6. The lowest BCUT2D eigenvalue weighted by molar-refractivity contribution is 0.436. The van der Waals surface area contributed by atoms with Gasteiger partial charge in [-0.2, -0.15) is 0 Å². The number of ether oxygens (including phenoxy) is 1. The zero-order chi connectivity index (χ0) is 21.1. The first kappa shape index (κ1) is 19.2. The minimum absolute atomic E-state index is 0.0863. The van der Waals surface area contributed by atoms with Crippen molar-refractivity contribution in [3.8, 4) is 17.3 Å². The molecular weight excluding hydrogens is 376 g/mol. The lowest BCUT2D eigenvalue weighted by Gasteiger charge is -2.13. The van der Waals surface area contributed by atoms with Gasteiger partial charge in [-0.15, -0.1) is 0 Å². The number of aromatic nitrogens is 3. The molecule has 0 atom stereocenters. The summed E-state index contributed by atoms with van der Waals surface area (Å²) in [5.41, 5.74) is 4.36. The van der Waals surface area contributed by atoms with Gasteiger partial charge in [0.2, 0.25) is 5.88 Å². The summed E-state index contributed by atoms with van der Waals surface area (Å²) < 4.78 is 9.41. The van der Waals surface area contributed by atoms with Gasteiger partial charge in [-0.25, -0.2) is 9.83 Å². The van der Waals surface area contributed by atoms with E-state index in [1.165, 1.54) is 0 Å². The van der Waals surface area contributed by atoms with Crippen molar-refractivity contribution in [2.75, 3.05) is 0 Å². The van der Waals surface area contributed by atoms with E-state index in [1.807, 2.05) is 48.9 Å². The largest absolute Gasteiger partial charge is 0.439 e. The Hall–Kier alpha value is -4.11. The first-order chi connectivity index (χ1) is 14.5. The average Bonchev–Trinajstić information content (AvgIpc) is 3.18. The van der Waals surface area contributed by atoms with Gasteiger partial charge >= 0.3 is 0 Å². The monoisotopic (exact) mass is 396 g/mol. The van der Waals surface area contributed by atoms with E-state index < -0.39 is 0 Å². The van der Waals surface area contributed by atoms with Crippen LogP contribution >= 0.6 is 0 Å². The van der Waals surface area contributed by atoms with E-state index in [1.54, 1.807) is 47.4 Å². The van der Waals surface area contributed by atoms with Crippen molar-refractivity contribution in [2.24, 2.45) is 0 Å². The number of hydrogen-bond donors (Lipinski definition) is 0.